The molecule has 1 N–H and O–H groups in total. The lowest BCUT2D eigenvalue weighted by Crippen LogP contribution is -2.19. The number of H-pyrrole nitrogens is 1. The average molecular weight is 471 g/mol. The van der Waals surface area contributed by atoms with Crippen molar-refractivity contribution in [3.8, 4) is 22.0 Å². The van der Waals surface area contributed by atoms with Gasteiger partial charge >= 0.3 is 11.9 Å². The van der Waals surface area contributed by atoms with Crippen molar-refractivity contribution in [2.75, 3.05) is 0 Å². The average Bonchev–Trinajstić information content (AvgIpc) is 3.51. The summed E-state index contributed by atoms with van der Waals surface area (Å²) >= 11 is 1.53. The molecule has 170 valence electrons. The van der Waals surface area contributed by atoms with Gasteiger partial charge in [-0.1, -0.05) is 30.3 Å². The topological polar surface area (TPSA) is 55.6 Å². The van der Waals surface area contributed by atoms with Crippen molar-refractivity contribution < 1.29 is 13.2 Å². The number of hydrogen-bond donors (Lipinski definition) is 1. The molecule has 5 aromatic rings. The van der Waals surface area contributed by atoms with Crippen LogP contribution in [0.5, 0.6) is 0 Å². The number of imidazole rings is 2. The van der Waals surface area contributed by atoms with E-state index in [4.69, 9.17) is 0 Å². The van der Waals surface area contributed by atoms with E-state index in [0.29, 0.717) is 17.1 Å². The number of aromatic nitrogens is 4. The fourth-order valence-corrected chi connectivity index (χ4v) is 4.25. The van der Waals surface area contributed by atoms with Gasteiger partial charge < -0.3 is 4.98 Å². The summed E-state index contributed by atoms with van der Waals surface area (Å²) in [6.07, 6.45) is -4.35. The molecular formula is C24H21F3N4OS. The Morgan fingerprint density at radius 2 is 1.61 bits per heavy atom. The molecule has 0 aliphatic rings. The zero-order valence-corrected chi connectivity index (χ0v) is 19.0. The smallest absolute Gasteiger partial charge is 0.341 e. The Labute approximate surface area is 191 Å². The van der Waals surface area contributed by atoms with Gasteiger partial charge in [0, 0.05) is 25.4 Å². The third kappa shape index (κ3) is 4.49. The highest BCUT2D eigenvalue weighted by molar-refractivity contribution is 7.13. The minimum Gasteiger partial charge on any atom is -0.341 e. The van der Waals surface area contributed by atoms with Crippen LogP contribution in [0.3, 0.4) is 0 Å². The Morgan fingerprint density at radius 3 is 2.18 bits per heavy atom. The van der Waals surface area contributed by atoms with E-state index >= 15 is 0 Å². The van der Waals surface area contributed by atoms with Crippen LogP contribution in [0.15, 0.2) is 70.8 Å². The summed E-state index contributed by atoms with van der Waals surface area (Å²) in [5, 5.41) is 1.93. The molecule has 2 aromatic carbocycles. The molecule has 3 heterocycles. The van der Waals surface area contributed by atoms with Crippen molar-refractivity contribution in [2.24, 2.45) is 14.1 Å². The van der Waals surface area contributed by atoms with Gasteiger partial charge in [-0.05, 0) is 42.6 Å². The van der Waals surface area contributed by atoms with Crippen LogP contribution in [-0.4, -0.2) is 19.1 Å². The number of hydrogen-bond acceptors (Lipinski definition) is 3. The van der Waals surface area contributed by atoms with E-state index in [0.717, 1.165) is 33.7 Å². The first-order valence-corrected chi connectivity index (χ1v) is 10.9. The first-order valence-electron chi connectivity index (χ1n) is 10.1. The molecule has 33 heavy (non-hydrogen) atoms. The molecule has 0 atom stereocenters. The SMILES string of the molecule is Cc1[nH]c(-c2cccs2)nc1-c1cccc(C(F)(F)F)c1.Cn1c(=O)n(C)c2ccccc21. The van der Waals surface area contributed by atoms with Gasteiger partial charge in [0.05, 0.1) is 27.2 Å². The van der Waals surface area contributed by atoms with Crippen molar-refractivity contribution in [2.45, 2.75) is 13.1 Å². The lowest BCUT2D eigenvalue weighted by Gasteiger charge is -2.07. The van der Waals surface area contributed by atoms with E-state index < -0.39 is 11.7 Å². The Kier molecular flexibility index (Phi) is 5.99. The number of aryl methyl sites for hydroxylation is 3. The van der Waals surface area contributed by atoms with Gasteiger partial charge in [0.25, 0.3) is 0 Å². The second kappa shape index (κ2) is 8.74. The molecule has 5 nitrogen and oxygen atoms in total. The standard InChI is InChI=1S/C15H11F3N2S.C9H10N2O/c1-9-13(20-14(19-9)12-6-3-7-21-12)10-4-2-5-11(8-10)15(16,17)18;1-10-7-5-3-4-6-8(7)11(2)9(10)12/h2-8H,1H3,(H,19,20);3-6H,1-2H3. The molecule has 0 amide bonds. The van der Waals surface area contributed by atoms with Crippen LogP contribution in [0, 0.1) is 6.92 Å². The highest BCUT2D eigenvalue weighted by atomic mass is 32.1. The molecule has 0 spiro atoms. The lowest BCUT2D eigenvalue weighted by atomic mass is 10.1. The van der Waals surface area contributed by atoms with Gasteiger partial charge in [0.1, 0.15) is 5.82 Å². The Bertz CT molecular complexity index is 1420. The van der Waals surface area contributed by atoms with Gasteiger partial charge in [0.15, 0.2) is 0 Å². The van der Waals surface area contributed by atoms with Crippen LogP contribution in [0.4, 0.5) is 13.2 Å². The predicted molar refractivity (Wildman–Crippen MR) is 125 cm³/mol. The summed E-state index contributed by atoms with van der Waals surface area (Å²) in [4.78, 5) is 19.9. The quantitative estimate of drug-likeness (QED) is 0.344. The predicted octanol–water partition coefficient (Wildman–Crippen LogP) is 6.01. The summed E-state index contributed by atoms with van der Waals surface area (Å²) in [6.45, 7) is 1.81. The number of benzene rings is 2. The molecule has 0 bridgehead atoms. The molecule has 0 aliphatic carbocycles. The van der Waals surface area contributed by atoms with Crippen LogP contribution in [-0.2, 0) is 20.3 Å². The number of para-hydroxylation sites is 2. The lowest BCUT2D eigenvalue weighted by molar-refractivity contribution is -0.137. The van der Waals surface area contributed by atoms with E-state index in [-0.39, 0.29) is 5.69 Å². The fraction of sp³-hybridized carbons (Fsp3) is 0.167. The van der Waals surface area contributed by atoms with Crippen LogP contribution < -0.4 is 5.69 Å². The van der Waals surface area contributed by atoms with E-state index in [1.54, 1.807) is 36.2 Å². The Balaban J connectivity index is 0.000000183. The number of thiophene rings is 1. The zero-order chi connectivity index (χ0) is 23.8. The number of fused-ring (bicyclic) bond motifs is 1. The molecule has 0 saturated heterocycles. The zero-order valence-electron chi connectivity index (χ0n) is 18.1. The molecule has 0 saturated carbocycles. The number of nitrogens with zero attached hydrogens (tertiary/aromatic N) is 3. The largest absolute Gasteiger partial charge is 0.416 e. The number of halogens is 3. The van der Waals surface area contributed by atoms with E-state index in [1.165, 1.54) is 17.4 Å². The first kappa shape index (κ1) is 22.6. The Morgan fingerprint density at radius 1 is 0.939 bits per heavy atom. The number of aromatic amines is 1. The molecule has 9 heteroatoms. The fourth-order valence-electron chi connectivity index (χ4n) is 3.58. The van der Waals surface area contributed by atoms with Gasteiger partial charge in [0.2, 0.25) is 0 Å². The molecule has 0 unspecified atom stereocenters. The maximum Gasteiger partial charge on any atom is 0.416 e. The second-order valence-corrected chi connectivity index (χ2v) is 8.45. The van der Waals surface area contributed by atoms with Crippen LogP contribution in [0.25, 0.3) is 33.0 Å². The maximum absolute atomic E-state index is 12.8. The third-order valence-corrected chi connectivity index (χ3v) is 6.16. The van der Waals surface area contributed by atoms with Crippen LogP contribution in [0.1, 0.15) is 11.3 Å². The third-order valence-electron chi connectivity index (χ3n) is 5.28. The summed E-state index contributed by atoms with van der Waals surface area (Å²) in [5.41, 5.74) is 3.06. The van der Waals surface area contributed by atoms with Gasteiger partial charge in [-0.3, -0.25) is 9.13 Å². The Hall–Kier alpha value is -3.59. The van der Waals surface area contributed by atoms with Crippen molar-refractivity contribution in [1.29, 1.82) is 0 Å². The molecule has 0 radical (unpaired) electrons. The highest BCUT2D eigenvalue weighted by Gasteiger charge is 2.30. The summed E-state index contributed by atoms with van der Waals surface area (Å²) in [7, 11) is 3.56. The molecular weight excluding hydrogens is 449 g/mol. The maximum atomic E-state index is 12.8. The normalized spacial score (nSPS) is 11.5. The van der Waals surface area contributed by atoms with Gasteiger partial charge in [-0.15, -0.1) is 11.3 Å². The van der Waals surface area contributed by atoms with Crippen LogP contribution in [0.2, 0.25) is 0 Å². The first-order chi connectivity index (χ1) is 15.7. The van der Waals surface area contributed by atoms with E-state index in [9.17, 15) is 18.0 Å². The minimum absolute atomic E-state index is 0.0243. The number of nitrogens with one attached hydrogen (secondary N) is 1. The minimum atomic E-state index is -4.35. The number of alkyl halides is 3. The summed E-state index contributed by atoms with van der Waals surface area (Å²) in [5.74, 6) is 0.676. The molecule has 0 fully saturated rings. The summed E-state index contributed by atoms with van der Waals surface area (Å²) < 4.78 is 41.7. The molecule has 5 rings (SSSR count). The van der Waals surface area contributed by atoms with Gasteiger partial charge in [-0.2, -0.15) is 13.2 Å². The molecule has 3 aromatic heterocycles. The van der Waals surface area contributed by atoms with Crippen LogP contribution >= 0.6 is 11.3 Å². The number of rotatable bonds is 2. The van der Waals surface area contributed by atoms with Crippen molar-refractivity contribution in [3.63, 3.8) is 0 Å². The van der Waals surface area contributed by atoms with Crippen molar-refractivity contribution >= 4 is 22.4 Å². The second-order valence-electron chi connectivity index (χ2n) is 7.50. The van der Waals surface area contributed by atoms with E-state index in [2.05, 4.69) is 9.97 Å². The monoisotopic (exact) mass is 470 g/mol. The van der Waals surface area contributed by atoms with Crippen molar-refractivity contribution in [3.05, 3.63) is 87.8 Å². The van der Waals surface area contributed by atoms with E-state index in [1.807, 2.05) is 41.8 Å². The highest BCUT2D eigenvalue weighted by Crippen LogP contribution is 2.33. The molecule has 0 aliphatic heterocycles. The van der Waals surface area contributed by atoms with Gasteiger partial charge in [-0.25, -0.2) is 9.78 Å². The van der Waals surface area contributed by atoms with Crippen molar-refractivity contribution in [1.82, 2.24) is 19.1 Å². The summed E-state index contributed by atoms with van der Waals surface area (Å²) in [6, 6.07) is 16.8.